The fraction of sp³-hybridized carbons (Fsp3) is 0.167. The molecule has 0 aliphatic heterocycles. The highest BCUT2D eigenvalue weighted by Gasteiger charge is 1.94. The molecule has 0 unspecified atom stereocenters. The summed E-state index contributed by atoms with van der Waals surface area (Å²) in [5.41, 5.74) is 1.34. The Balaban J connectivity index is 2.42. The minimum atomic E-state index is 0.941. The highest BCUT2D eigenvalue weighted by Crippen LogP contribution is 2.01. The van der Waals surface area contributed by atoms with Crippen molar-refractivity contribution in [1.82, 2.24) is 4.90 Å². The molecular formula is C12H15N. The first-order valence-corrected chi connectivity index (χ1v) is 4.41. The lowest BCUT2D eigenvalue weighted by atomic mass is 10.1. The van der Waals surface area contributed by atoms with Crippen molar-refractivity contribution in [3.05, 3.63) is 61.5 Å². The summed E-state index contributed by atoms with van der Waals surface area (Å²) in [6.45, 7) is 8.34. The van der Waals surface area contributed by atoms with Crippen molar-refractivity contribution >= 4 is 0 Å². The summed E-state index contributed by atoms with van der Waals surface area (Å²) in [5, 5.41) is 0. The quantitative estimate of drug-likeness (QED) is 0.661. The molecule has 0 N–H and O–H groups in total. The van der Waals surface area contributed by atoms with Gasteiger partial charge >= 0.3 is 0 Å². The molecule has 0 fully saturated rings. The van der Waals surface area contributed by atoms with Gasteiger partial charge in [-0.3, -0.25) is 0 Å². The Bertz CT molecular complexity index is 256. The first kappa shape index (κ1) is 9.59. The minimum absolute atomic E-state index is 0.941. The van der Waals surface area contributed by atoms with Crippen molar-refractivity contribution in [1.29, 1.82) is 0 Å². The van der Waals surface area contributed by atoms with Gasteiger partial charge in [0, 0.05) is 6.54 Å². The molecule has 0 saturated heterocycles. The highest BCUT2D eigenvalue weighted by atomic mass is 15.1. The molecule has 0 radical (unpaired) electrons. The van der Waals surface area contributed by atoms with Gasteiger partial charge in [0.2, 0.25) is 0 Å². The SMILES string of the molecule is C=CN(C=C)CCc1ccccc1. The van der Waals surface area contributed by atoms with Crippen molar-refractivity contribution in [2.24, 2.45) is 0 Å². The molecule has 0 spiro atoms. The Morgan fingerprint density at radius 1 is 1.08 bits per heavy atom. The molecule has 0 aliphatic carbocycles. The monoisotopic (exact) mass is 173 g/mol. The average molecular weight is 173 g/mol. The van der Waals surface area contributed by atoms with E-state index in [-0.39, 0.29) is 0 Å². The van der Waals surface area contributed by atoms with Gasteiger partial charge in [0.1, 0.15) is 0 Å². The van der Waals surface area contributed by atoms with Crippen LogP contribution < -0.4 is 0 Å². The second kappa shape index (κ2) is 5.20. The van der Waals surface area contributed by atoms with Crippen LogP contribution in [0.1, 0.15) is 5.56 Å². The topological polar surface area (TPSA) is 3.24 Å². The average Bonchev–Trinajstić information content (AvgIpc) is 2.21. The summed E-state index contributed by atoms with van der Waals surface area (Å²) in [5.74, 6) is 0. The molecule has 0 aliphatic rings. The molecule has 1 rings (SSSR count). The van der Waals surface area contributed by atoms with Crippen LogP contribution in [-0.2, 0) is 6.42 Å². The van der Waals surface area contributed by atoms with E-state index in [1.807, 2.05) is 11.0 Å². The Hall–Kier alpha value is -1.50. The zero-order valence-corrected chi connectivity index (χ0v) is 7.82. The van der Waals surface area contributed by atoms with Crippen LogP contribution in [0.15, 0.2) is 55.9 Å². The van der Waals surface area contributed by atoms with Gasteiger partial charge in [0.15, 0.2) is 0 Å². The maximum absolute atomic E-state index is 3.70. The minimum Gasteiger partial charge on any atom is -0.355 e. The summed E-state index contributed by atoms with van der Waals surface area (Å²) in [7, 11) is 0. The molecule has 0 bridgehead atoms. The third kappa shape index (κ3) is 3.16. The van der Waals surface area contributed by atoms with Gasteiger partial charge in [-0.1, -0.05) is 43.5 Å². The number of rotatable bonds is 5. The zero-order chi connectivity index (χ0) is 9.52. The van der Waals surface area contributed by atoms with Crippen molar-refractivity contribution in [2.45, 2.75) is 6.42 Å². The van der Waals surface area contributed by atoms with E-state index < -0.39 is 0 Å². The van der Waals surface area contributed by atoms with Crippen LogP contribution in [0, 0.1) is 0 Å². The van der Waals surface area contributed by atoms with Crippen LogP contribution in [0.4, 0.5) is 0 Å². The van der Waals surface area contributed by atoms with Crippen molar-refractivity contribution in [2.75, 3.05) is 6.54 Å². The second-order valence-electron chi connectivity index (χ2n) is 2.84. The molecule has 0 atom stereocenters. The van der Waals surface area contributed by atoms with E-state index >= 15 is 0 Å². The van der Waals surface area contributed by atoms with E-state index in [2.05, 4.69) is 37.4 Å². The van der Waals surface area contributed by atoms with E-state index in [4.69, 9.17) is 0 Å². The lowest BCUT2D eigenvalue weighted by Gasteiger charge is -2.13. The van der Waals surface area contributed by atoms with Crippen LogP contribution in [0.5, 0.6) is 0 Å². The lowest BCUT2D eigenvalue weighted by molar-refractivity contribution is 0.512. The summed E-state index contributed by atoms with van der Waals surface area (Å²) < 4.78 is 0. The molecule has 0 aromatic heterocycles. The lowest BCUT2D eigenvalue weighted by Crippen LogP contribution is -2.12. The number of nitrogens with zero attached hydrogens (tertiary/aromatic N) is 1. The van der Waals surface area contributed by atoms with Crippen molar-refractivity contribution < 1.29 is 0 Å². The Labute approximate surface area is 80.0 Å². The number of hydrogen-bond donors (Lipinski definition) is 0. The summed E-state index contributed by atoms with van der Waals surface area (Å²) in [6.07, 6.45) is 4.60. The molecule has 1 aromatic rings. The molecule has 68 valence electrons. The fourth-order valence-electron chi connectivity index (χ4n) is 1.16. The predicted molar refractivity (Wildman–Crippen MR) is 57.2 cm³/mol. The van der Waals surface area contributed by atoms with Crippen molar-refractivity contribution in [3.8, 4) is 0 Å². The van der Waals surface area contributed by atoms with Gasteiger partial charge in [0.25, 0.3) is 0 Å². The molecular weight excluding hydrogens is 158 g/mol. The van der Waals surface area contributed by atoms with Gasteiger partial charge in [-0.2, -0.15) is 0 Å². The number of hydrogen-bond acceptors (Lipinski definition) is 1. The van der Waals surface area contributed by atoms with Gasteiger partial charge in [-0.05, 0) is 24.4 Å². The summed E-state index contributed by atoms with van der Waals surface area (Å²) in [4.78, 5) is 1.98. The molecule has 1 nitrogen and oxygen atoms in total. The Kier molecular flexibility index (Phi) is 3.83. The molecule has 0 saturated carbocycles. The second-order valence-corrected chi connectivity index (χ2v) is 2.84. The molecule has 13 heavy (non-hydrogen) atoms. The Morgan fingerprint density at radius 2 is 1.69 bits per heavy atom. The molecule has 1 aromatic carbocycles. The first-order chi connectivity index (χ1) is 6.36. The standard InChI is InChI=1S/C12H15N/c1-3-13(4-2)11-10-12-8-6-5-7-9-12/h3-9H,1-2,10-11H2. The van der Waals surface area contributed by atoms with E-state index in [0.717, 1.165) is 13.0 Å². The van der Waals surface area contributed by atoms with E-state index in [9.17, 15) is 0 Å². The van der Waals surface area contributed by atoms with Crippen LogP contribution in [0.2, 0.25) is 0 Å². The van der Waals surface area contributed by atoms with Crippen LogP contribution in [0.3, 0.4) is 0 Å². The largest absolute Gasteiger partial charge is 0.355 e. The zero-order valence-electron chi connectivity index (χ0n) is 7.82. The van der Waals surface area contributed by atoms with Gasteiger partial charge < -0.3 is 4.90 Å². The summed E-state index contributed by atoms with van der Waals surface area (Å²) >= 11 is 0. The van der Waals surface area contributed by atoms with Crippen LogP contribution >= 0.6 is 0 Å². The first-order valence-electron chi connectivity index (χ1n) is 4.41. The van der Waals surface area contributed by atoms with Gasteiger partial charge in [-0.15, -0.1) is 0 Å². The van der Waals surface area contributed by atoms with E-state index in [1.165, 1.54) is 5.56 Å². The highest BCUT2D eigenvalue weighted by molar-refractivity contribution is 5.15. The van der Waals surface area contributed by atoms with Crippen LogP contribution in [-0.4, -0.2) is 11.4 Å². The van der Waals surface area contributed by atoms with Gasteiger partial charge in [-0.25, -0.2) is 0 Å². The third-order valence-electron chi connectivity index (χ3n) is 1.97. The van der Waals surface area contributed by atoms with Crippen LogP contribution in [0.25, 0.3) is 0 Å². The predicted octanol–water partition coefficient (Wildman–Crippen LogP) is 2.82. The smallest absolute Gasteiger partial charge is 0.0259 e. The van der Waals surface area contributed by atoms with Gasteiger partial charge in [0.05, 0.1) is 0 Å². The maximum Gasteiger partial charge on any atom is 0.0259 e. The molecule has 1 heteroatoms. The fourth-order valence-corrected chi connectivity index (χ4v) is 1.16. The molecule has 0 heterocycles. The molecule has 0 amide bonds. The summed E-state index contributed by atoms with van der Waals surface area (Å²) in [6, 6.07) is 10.4. The Morgan fingerprint density at radius 3 is 2.23 bits per heavy atom. The third-order valence-corrected chi connectivity index (χ3v) is 1.97. The normalized spacial score (nSPS) is 9.23. The van der Waals surface area contributed by atoms with E-state index in [1.54, 1.807) is 12.4 Å². The van der Waals surface area contributed by atoms with E-state index in [0.29, 0.717) is 0 Å². The maximum atomic E-state index is 3.70. The van der Waals surface area contributed by atoms with Crippen molar-refractivity contribution in [3.63, 3.8) is 0 Å². The number of benzene rings is 1.